The van der Waals surface area contributed by atoms with Crippen molar-refractivity contribution in [2.75, 3.05) is 0 Å². The smallest absolute Gasteiger partial charge is 0.105 e. The van der Waals surface area contributed by atoms with Crippen LogP contribution in [0, 0.1) is 0 Å². The van der Waals surface area contributed by atoms with E-state index in [-0.39, 0.29) is 0 Å². The molecular formula is C10H22BN. The molecule has 0 heterocycles. The van der Waals surface area contributed by atoms with Crippen molar-refractivity contribution in [2.45, 2.75) is 63.2 Å². The molecule has 0 aliphatic heterocycles. The normalized spacial score (nSPS) is 34.4. The van der Waals surface area contributed by atoms with E-state index < -0.39 is 0 Å². The standard InChI is InChI=1S/C10H22BN/c11-9-5-3-1-2-4-6-10(12)8-7-9/h9-10H,1-8,11-12H2. The summed E-state index contributed by atoms with van der Waals surface area (Å²) in [5, 5.41) is 0. The molecule has 0 aromatic heterocycles. The van der Waals surface area contributed by atoms with Crippen LogP contribution >= 0.6 is 0 Å². The molecule has 0 aromatic carbocycles. The van der Waals surface area contributed by atoms with E-state index >= 15 is 0 Å². The largest absolute Gasteiger partial charge is 0.328 e. The number of nitrogens with two attached hydrogens (primary N) is 1. The van der Waals surface area contributed by atoms with Gasteiger partial charge in [-0.2, -0.15) is 0 Å². The first kappa shape index (κ1) is 10.1. The van der Waals surface area contributed by atoms with Gasteiger partial charge in [-0.05, 0) is 12.8 Å². The average Bonchev–Trinajstić information content (AvgIpc) is 2.07. The summed E-state index contributed by atoms with van der Waals surface area (Å²) < 4.78 is 0. The van der Waals surface area contributed by atoms with Crippen molar-refractivity contribution in [3.05, 3.63) is 0 Å². The lowest BCUT2D eigenvalue weighted by atomic mass is 9.78. The molecule has 0 radical (unpaired) electrons. The molecule has 12 heavy (non-hydrogen) atoms. The minimum absolute atomic E-state index is 0.491. The first-order valence-corrected chi connectivity index (χ1v) is 5.54. The molecule has 1 rings (SSSR count). The Morgan fingerprint density at radius 2 is 1.50 bits per heavy atom. The van der Waals surface area contributed by atoms with Crippen molar-refractivity contribution < 1.29 is 0 Å². The van der Waals surface area contributed by atoms with E-state index in [1.807, 2.05) is 0 Å². The van der Waals surface area contributed by atoms with Gasteiger partial charge in [-0.1, -0.05) is 44.3 Å². The SMILES string of the molecule is BC1CCCCCCC(N)CC1. The highest BCUT2D eigenvalue weighted by Crippen LogP contribution is 2.22. The quantitative estimate of drug-likeness (QED) is 0.547. The third kappa shape index (κ3) is 4.15. The summed E-state index contributed by atoms with van der Waals surface area (Å²) in [6.07, 6.45) is 10.9. The molecule has 2 heteroatoms. The van der Waals surface area contributed by atoms with E-state index in [0.717, 1.165) is 5.82 Å². The molecule has 1 fully saturated rings. The molecule has 1 aliphatic rings. The van der Waals surface area contributed by atoms with Gasteiger partial charge in [-0.25, -0.2) is 0 Å². The Hall–Kier alpha value is 0.0249. The van der Waals surface area contributed by atoms with Crippen LogP contribution in [0.15, 0.2) is 0 Å². The predicted octanol–water partition coefficient (Wildman–Crippen LogP) is 1.87. The molecule has 2 unspecified atom stereocenters. The molecule has 0 amide bonds. The zero-order valence-corrected chi connectivity index (χ0v) is 8.39. The molecule has 0 bridgehead atoms. The molecule has 0 saturated heterocycles. The van der Waals surface area contributed by atoms with Gasteiger partial charge < -0.3 is 5.73 Å². The molecular weight excluding hydrogens is 145 g/mol. The van der Waals surface area contributed by atoms with Crippen LogP contribution in [0.5, 0.6) is 0 Å². The van der Waals surface area contributed by atoms with Gasteiger partial charge in [0.25, 0.3) is 0 Å². The highest BCUT2D eigenvalue weighted by atomic mass is 14.6. The van der Waals surface area contributed by atoms with E-state index in [4.69, 9.17) is 5.73 Å². The molecule has 1 saturated carbocycles. The number of hydrogen-bond donors (Lipinski definition) is 1. The Bertz CT molecular complexity index is 102. The maximum Gasteiger partial charge on any atom is 0.105 e. The van der Waals surface area contributed by atoms with Crippen LogP contribution in [0.3, 0.4) is 0 Å². The van der Waals surface area contributed by atoms with Crippen LogP contribution in [0.2, 0.25) is 5.82 Å². The lowest BCUT2D eigenvalue weighted by molar-refractivity contribution is 0.461. The van der Waals surface area contributed by atoms with Crippen LogP contribution in [0.25, 0.3) is 0 Å². The van der Waals surface area contributed by atoms with Crippen molar-refractivity contribution in [3.63, 3.8) is 0 Å². The molecule has 0 spiro atoms. The Labute approximate surface area is 77.5 Å². The minimum atomic E-state index is 0.491. The lowest BCUT2D eigenvalue weighted by Gasteiger charge is -2.17. The van der Waals surface area contributed by atoms with Gasteiger partial charge in [-0.3, -0.25) is 0 Å². The molecule has 0 aromatic rings. The lowest BCUT2D eigenvalue weighted by Crippen LogP contribution is -2.20. The van der Waals surface area contributed by atoms with Crippen molar-refractivity contribution in [1.29, 1.82) is 0 Å². The van der Waals surface area contributed by atoms with E-state index in [9.17, 15) is 0 Å². The highest BCUT2D eigenvalue weighted by Gasteiger charge is 2.08. The first-order valence-electron chi connectivity index (χ1n) is 5.54. The van der Waals surface area contributed by atoms with E-state index in [1.165, 1.54) is 51.4 Å². The van der Waals surface area contributed by atoms with Gasteiger partial charge in [-0.15, -0.1) is 0 Å². The maximum absolute atomic E-state index is 5.99. The van der Waals surface area contributed by atoms with Gasteiger partial charge in [0.1, 0.15) is 7.85 Å². The van der Waals surface area contributed by atoms with Crippen molar-refractivity contribution >= 4 is 7.85 Å². The van der Waals surface area contributed by atoms with Gasteiger partial charge >= 0.3 is 0 Å². The first-order chi connectivity index (χ1) is 5.79. The Kier molecular flexibility index (Phi) is 4.74. The Morgan fingerprint density at radius 3 is 2.25 bits per heavy atom. The van der Waals surface area contributed by atoms with E-state index in [0.29, 0.717) is 6.04 Å². The van der Waals surface area contributed by atoms with Gasteiger partial charge in [0, 0.05) is 6.04 Å². The summed E-state index contributed by atoms with van der Waals surface area (Å²) >= 11 is 0. The summed E-state index contributed by atoms with van der Waals surface area (Å²) in [6, 6.07) is 0.491. The third-order valence-corrected chi connectivity index (χ3v) is 3.05. The molecule has 1 nitrogen and oxygen atoms in total. The second kappa shape index (κ2) is 5.63. The Morgan fingerprint density at radius 1 is 0.833 bits per heavy atom. The average molecular weight is 167 g/mol. The second-order valence-corrected chi connectivity index (χ2v) is 4.43. The molecule has 1 aliphatic carbocycles. The summed E-state index contributed by atoms with van der Waals surface area (Å²) in [4.78, 5) is 0. The van der Waals surface area contributed by atoms with Crippen molar-refractivity contribution in [1.82, 2.24) is 0 Å². The summed E-state index contributed by atoms with van der Waals surface area (Å²) in [5.41, 5.74) is 5.99. The van der Waals surface area contributed by atoms with Crippen LogP contribution in [-0.4, -0.2) is 13.9 Å². The monoisotopic (exact) mass is 167 g/mol. The van der Waals surface area contributed by atoms with E-state index in [1.54, 1.807) is 0 Å². The van der Waals surface area contributed by atoms with Crippen molar-refractivity contribution in [2.24, 2.45) is 5.73 Å². The fourth-order valence-electron chi connectivity index (χ4n) is 2.04. The van der Waals surface area contributed by atoms with Crippen LogP contribution in [-0.2, 0) is 0 Å². The molecule has 2 N–H and O–H groups in total. The summed E-state index contributed by atoms with van der Waals surface area (Å²) in [7, 11) is 2.37. The second-order valence-electron chi connectivity index (χ2n) is 4.43. The van der Waals surface area contributed by atoms with Gasteiger partial charge in [0.2, 0.25) is 0 Å². The maximum atomic E-state index is 5.99. The van der Waals surface area contributed by atoms with E-state index in [2.05, 4.69) is 7.85 Å². The molecule has 70 valence electrons. The number of hydrogen-bond acceptors (Lipinski definition) is 1. The summed E-state index contributed by atoms with van der Waals surface area (Å²) in [6.45, 7) is 0. The predicted molar refractivity (Wildman–Crippen MR) is 57.2 cm³/mol. The highest BCUT2D eigenvalue weighted by molar-refractivity contribution is 6.11. The minimum Gasteiger partial charge on any atom is -0.328 e. The Balaban J connectivity index is 2.23. The van der Waals surface area contributed by atoms with Gasteiger partial charge in [0.15, 0.2) is 0 Å². The van der Waals surface area contributed by atoms with Crippen LogP contribution in [0.4, 0.5) is 0 Å². The summed E-state index contributed by atoms with van der Waals surface area (Å²) in [5.74, 6) is 0.911. The number of rotatable bonds is 0. The topological polar surface area (TPSA) is 26.0 Å². The molecule has 2 atom stereocenters. The van der Waals surface area contributed by atoms with Crippen molar-refractivity contribution in [3.8, 4) is 0 Å². The van der Waals surface area contributed by atoms with Crippen LogP contribution < -0.4 is 5.73 Å². The fourth-order valence-corrected chi connectivity index (χ4v) is 2.04. The zero-order valence-electron chi connectivity index (χ0n) is 8.39. The van der Waals surface area contributed by atoms with Crippen LogP contribution in [0.1, 0.15) is 51.4 Å². The fraction of sp³-hybridized carbons (Fsp3) is 1.00. The van der Waals surface area contributed by atoms with Gasteiger partial charge in [0.05, 0.1) is 0 Å². The zero-order chi connectivity index (χ0) is 8.81. The third-order valence-electron chi connectivity index (χ3n) is 3.05.